The van der Waals surface area contributed by atoms with Crippen LogP contribution in [0.1, 0.15) is 0 Å². The fourth-order valence-electron chi connectivity index (χ4n) is 1.42. The Labute approximate surface area is 90.7 Å². The fraction of sp³-hybridized carbons (Fsp3) is 0.100. The fourth-order valence-corrected chi connectivity index (χ4v) is 1.89. The van der Waals surface area contributed by atoms with Crippen molar-refractivity contribution in [3.8, 4) is 0 Å². The highest BCUT2D eigenvalue weighted by Crippen LogP contribution is 2.26. The van der Waals surface area contributed by atoms with Gasteiger partial charge in [0.2, 0.25) is 0 Å². The molecule has 0 radical (unpaired) electrons. The van der Waals surface area contributed by atoms with Crippen LogP contribution in [-0.4, -0.2) is 4.57 Å². The minimum atomic E-state index is -0.268. The molecule has 1 aromatic carbocycles. The van der Waals surface area contributed by atoms with Crippen molar-refractivity contribution in [2.24, 2.45) is 7.05 Å². The Hall–Kier alpha value is -0.990. The normalized spacial score (nSPS) is 10.8. The summed E-state index contributed by atoms with van der Waals surface area (Å²) in [6, 6.07) is 7.38. The standard InChI is InChI=1S/C10H7Cl2NO/c1-13-7-5-3-2-4-6(7)8(11)9(12)10(13)14/h2-5H,1H3. The number of pyridine rings is 1. The number of fused-ring (bicyclic) bond motifs is 1. The van der Waals surface area contributed by atoms with Crippen molar-refractivity contribution in [1.82, 2.24) is 4.57 Å². The first-order valence-electron chi connectivity index (χ1n) is 4.05. The van der Waals surface area contributed by atoms with Gasteiger partial charge in [-0.05, 0) is 6.07 Å². The maximum Gasteiger partial charge on any atom is 0.271 e. The zero-order chi connectivity index (χ0) is 10.3. The van der Waals surface area contributed by atoms with Gasteiger partial charge in [0.05, 0.1) is 10.5 Å². The zero-order valence-electron chi connectivity index (χ0n) is 7.42. The average molecular weight is 228 g/mol. The molecule has 2 rings (SSSR count). The molecule has 1 heterocycles. The molecule has 0 aliphatic rings. The predicted molar refractivity (Wildman–Crippen MR) is 59.2 cm³/mol. The van der Waals surface area contributed by atoms with Crippen LogP contribution in [0.3, 0.4) is 0 Å². The van der Waals surface area contributed by atoms with Crippen LogP contribution in [0, 0.1) is 0 Å². The SMILES string of the molecule is Cn1c(=O)c(Cl)c(Cl)c2ccccc21. The monoisotopic (exact) mass is 227 g/mol. The molecular formula is C10H7Cl2NO. The van der Waals surface area contributed by atoms with Crippen molar-refractivity contribution < 1.29 is 0 Å². The molecule has 0 spiro atoms. The van der Waals surface area contributed by atoms with Crippen LogP contribution >= 0.6 is 23.2 Å². The van der Waals surface area contributed by atoms with Gasteiger partial charge in [-0.15, -0.1) is 0 Å². The van der Waals surface area contributed by atoms with Gasteiger partial charge in [-0.2, -0.15) is 0 Å². The van der Waals surface area contributed by atoms with E-state index in [1.165, 1.54) is 4.57 Å². The van der Waals surface area contributed by atoms with Crippen molar-refractivity contribution >= 4 is 34.1 Å². The molecule has 0 aliphatic heterocycles. The summed E-state index contributed by atoms with van der Waals surface area (Å²) < 4.78 is 1.49. The molecule has 0 saturated heterocycles. The number of benzene rings is 1. The third-order valence-corrected chi connectivity index (χ3v) is 3.03. The Balaban J connectivity index is 3.10. The molecule has 0 amide bonds. The Morgan fingerprint density at radius 3 is 2.50 bits per heavy atom. The van der Waals surface area contributed by atoms with E-state index in [1.54, 1.807) is 7.05 Å². The largest absolute Gasteiger partial charge is 0.310 e. The number of nitrogens with zero attached hydrogens (tertiary/aromatic N) is 1. The van der Waals surface area contributed by atoms with Gasteiger partial charge >= 0.3 is 0 Å². The summed E-state index contributed by atoms with van der Waals surface area (Å²) in [6.45, 7) is 0. The molecule has 2 nitrogen and oxygen atoms in total. The number of aromatic nitrogens is 1. The second-order valence-corrected chi connectivity index (χ2v) is 3.77. The van der Waals surface area contributed by atoms with E-state index < -0.39 is 0 Å². The van der Waals surface area contributed by atoms with Crippen LogP contribution in [0.4, 0.5) is 0 Å². The maximum atomic E-state index is 11.5. The van der Waals surface area contributed by atoms with Crippen LogP contribution in [0.2, 0.25) is 10.0 Å². The molecule has 0 fully saturated rings. The third-order valence-electron chi connectivity index (χ3n) is 2.19. The molecule has 4 heteroatoms. The number of halogens is 2. The topological polar surface area (TPSA) is 22.0 Å². The molecule has 2 aromatic rings. The zero-order valence-corrected chi connectivity index (χ0v) is 8.93. The van der Waals surface area contributed by atoms with Gasteiger partial charge in [-0.25, -0.2) is 0 Å². The lowest BCUT2D eigenvalue weighted by atomic mass is 10.2. The molecule has 1 aromatic heterocycles. The lowest BCUT2D eigenvalue weighted by Gasteiger charge is -2.07. The molecule has 0 saturated carbocycles. The third kappa shape index (κ3) is 1.22. The van der Waals surface area contributed by atoms with Crippen molar-refractivity contribution in [1.29, 1.82) is 0 Å². The summed E-state index contributed by atoms with van der Waals surface area (Å²) in [5, 5.41) is 1.19. The van der Waals surface area contributed by atoms with Gasteiger partial charge in [0.1, 0.15) is 5.02 Å². The van der Waals surface area contributed by atoms with Crippen LogP contribution in [-0.2, 0) is 7.05 Å². The van der Waals surface area contributed by atoms with Crippen molar-refractivity contribution in [3.05, 3.63) is 44.7 Å². The average Bonchev–Trinajstić information content (AvgIpc) is 2.23. The minimum Gasteiger partial charge on any atom is -0.310 e. The van der Waals surface area contributed by atoms with Gasteiger partial charge in [0.25, 0.3) is 5.56 Å². The van der Waals surface area contributed by atoms with Crippen LogP contribution < -0.4 is 5.56 Å². The van der Waals surface area contributed by atoms with Gasteiger partial charge in [-0.1, -0.05) is 41.4 Å². The van der Waals surface area contributed by atoms with Gasteiger partial charge in [0, 0.05) is 12.4 Å². The summed E-state index contributed by atoms with van der Waals surface area (Å²) in [4.78, 5) is 11.5. The van der Waals surface area contributed by atoms with E-state index in [-0.39, 0.29) is 10.6 Å². The first-order chi connectivity index (χ1) is 6.63. The number of rotatable bonds is 0. The number of para-hydroxylation sites is 1. The van der Waals surface area contributed by atoms with Gasteiger partial charge in [0.15, 0.2) is 0 Å². The first kappa shape index (κ1) is 9.56. The summed E-state index contributed by atoms with van der Waals surface area (Å²) in [7, 11) is 1.67. The van der Waals surface area contributed by atoms with Crippen LogP contribution in [0.15, 0.2) is 29.1 Å². The highest BCUT2D eigenvalue weighted by Gasteiger charge is 2.10. The van der Waals surface area contributed by atoms with E-state index in [9.17, 15) is 4.79 Å². The Morgan fingerprint density at radius 1 is 1.14 bits per heavy atom. The van der Waals surface area contributed by atoms with Crippen LogP contribution in [0.25, 0.3) is 10.9 Å². The second-order valence-electron chi connectivity index (χ2n) is 3.01. The molecule has 14 heavy (non-hydrogen) atoms. The van der Waals surface area contributed by atoms with Crippen molar-refractivity contribution in [3.63, 3.8) is 0 Å². The molecular weight excluding hydrogens is 221 g/mol. The van der Waals surface area contributed by atoms with Crippen molar-refractivity contribution in [2.75, 3.05) is 0 Å². The highest BCUT2D eigenvalue weighted by molar-refractivity contribution is 6.45. The molecule has 0 unspecified atom stereocenters. The molecule has 0 bridgehead atoms. The van der Waals surface area contributed by atoms with Crippen LogP contribution in [0.5, 0.6) is 0 Å². The second kappa shape index (κ2) is 3.30. The minimum absolute atomic E-state index is 0.0767. The molecule has 0 aliphatic carbocycles. The van der Waals surface area contributed by atoms with E-state index >= 15 is 0 Å². The highest BCUT2D eigenvalue weighted by atomic mass is 35.5. The Kier molecular flexibility index (Phi) is 2.25. The Morgan fingerprint density at radius 2 is 1.79 bits per heavy atom. The lowest BCUT2D eigenvalue weighted by Crippen LogP contribution is -2.17. The maximum absolute atomic E-state index is 11.5. The van der Waals surface area contributed by atoms with E-state index in [0.29, 0.717) is 5.02 Å². The molecule has 72 valence electrons. The predicted octanol–water partition coefficient (Wildman–Crippen LogP) is 2.85. The summed E-state index contributed by atoms with van der Waals surface area (Å²) in [5.74, 6) is 0. The molecule has 0 atom stereocenters. The summed E-state index contributed by atoms with van der Waals surface area (Å²) in [6.07, 6.45) is 0. The van der Waals surface area contributed by atoms with Gasteiger partial charge in [-0.3, -0.25) is 4.79 Å². The smallest absolute Gasteiger partial charge is 0.271 e. The van der Waals surface area contributed by atoms with Crippen molar-refractivity contribution in [2.45, 2.75) is 0 Å². The molecule has 0 N–H and O–H groups in total. The van der Waals surface area contributed by atoms with E-state index in [0.717, 1.165) is 10.9 Å². The number of aryl methyl sites for hydroxylation is 1. The van der Waals surface area contributed by atoms with E-state index in [1.807, 2.05) is 24.3 Å². The summed E-state index contributed by atoms with van der Waals surface area (Å²) in [5.41, 5.74) is 0.516. The quantitative estimate of drug-likeness (QED) is 0.679. The number of hydrogen-bond acceptors (Lipinski definition) is 1. The van der Waals surface area contributed by atoms with E-state index in [4.69, 9.17) is 23.2 Å². The van der Waals surface area contributed by atoms with E-state index in [2.05, 4.69) is 0 Å². The Bertz CT molecular complexity index is 560. The van der Waals surface area contributed by atoms with Gasteiger partial charge < -0.3 is 4.57 Å². The number of hydrogen-bond donors (Lipinski definition) is 0. The lowest BCUT2D eigenvalue weighted by molar-refractivity contribution is 0.906. The summed E-state index contributed by atoms with van der Waals surface area (Å²) >= 11 is 11.8. The first-order valence-corrected chi connectivity index (χ1v) is 4.81.